The van der Waals surface area contributed by atoms with Crippen LogP contribution in [0.15, 0.2) is 12.3 Å². The van der Waals surface area contributed by atoms with Crippen molar-refractivity contribution < 1.29 is 14.3 Å². The van der Waals surface area contributed by atoms with Crippen LogP contribution in [0.25, 0.3) is 0 Å². The van der Waals surface area contributed by atoms with Crippen LogP contribution < -0.4 is 10.6 Å². The normalized spacial score (nSPS) is 22.3. The third-order valence-electron chi connectivity index (χ3n) is 5.10. The molecular formula is C17H21N3O3. The van der Waals surface area contributed by atoms with Crippen LogP contribution in [0, 0.1) is 11.8 Å². The third-order valence-corrected chi connectivity index (χ3v) is 5.10. The Balaban J connectivity index is 1.53. The highest BCUT2D eigenvalue weighted by Crippen LogP contribution is 2.39. The van der Waals surface area contributed by atoms with E-state index in [0.717, 1.165) is 31.6 Å². The molecule has 3 aliphatic rings. The number of fused-ring (bicyclic) bond motifs is 1. The molecule has 1 aromatic rings. The smallest absolute Gasteiger partial charge is 0.252 e. The minimum Gasteiger partial charge on any atom is -0.381 e. The fraction of sp³-hybridized carbons (Fsp3) is 0.588. The van der Waals surface area contributed by atoms with Gasteiger partial charge >= 0.3 is 0 Å². The first-order valence-electron chi connectivity index (χ1n) is 8.38. The Labute approximate surface area is 135 Å². The number of anilines is 1. The number of amides is 2. The molecule has 1 aromatic heterocycles. The van der Waals surface area contributed by atoms with Gasteiger partial charge in [0, 0.05) is 36.6 Å². The standard InChI is InChI=1S/C17H21N3O3/c21-14-9-13-12(3-6-18-16(13)19-14)17(22)20-15(10-1-2-10)11-4-7-23-8-5-11/h3,6,10-11,15H,1-2,4-5,7-9H2,(H,20,22)(H,18,19,21). The number of carbonyl (C=O) groups is 2. The maximum absolute atomic E-state index is 12.8. The van der Waals surface area contributed by atoms with Crippen LogP contribution in [-0.2, 0) is 16.0 Å². The maximum Gasteiger partial charge on any atom is 0.252 e. The maximum atomic E-state index is 12.8. The van der Waals surface area contributed by atoms with Crippen LogP contribution in [-0.4, -0.2) is 36.1 Å². The molecule has 1 saturated heterocycles. The molecule has 2 N–H and O–H groups in total. The molecule has 4 rings (SSSR count). The number of hydrogen-bond acceptors (Lipinski definition) is 4. The minimum absolute atomic E-state index is 0.0801. The Bertz CT molecular complexity index is 636. The second kappa shape index (κ2) is 5.92. The molecule has 3 heterocycles. The van der Waals surface area contributed by atoms with Crippen molar-refractivity contribution in [2.75, 3.05) is 18.5 Å². The van der Waals surface area contributed by atoms with E-state index in [1.807, 2.05) is 0 Å². The average Bonchev–Trinajstić information content (AvgIpc) is 3.33. The molecule has 6 nitrogen and oxygen atoms in total. The van der Waals surface area contributed by atoms with Crippen LogP contribution >= 0.6 is 0 Å². The minimum atomic E-state index is -0.101. The van der Waals surface area contributed by atoms with E-state index in [1.165, 1.54) is 12.8 Å². The van der Waals surface area contributed by atoms with Crippen molar-refractivity contribution in [1.82, 2.24) is 10.3 Å². The quantitative estimate of drug-likeness (QED) is 0.882. The lowest BCUT2D eigenvalue weighted by Crippen LogP contribution is -2.44. The zero-order valence-electron chi connectivity index (χ0n) is 13.0. The molecule has 6 heteroatoms. The number of nitrogens with one attached hydrogen (secondary N) is 2. The molecule has 1 saturated carbocycles. The molecule has 1 aliphatic carbocycles. The van der Waals surface area contributed by atoms with Crippen LogP contribution in [0.2, 0.25) is 0 Å². The summed E-state index contributed by atoms with van der Waals surface area (Å²) in [5, 5.41) is 5.95. The van der Waals surface area contributed by atoms with E-state index in [2.05, 4.69) is 15.6 Å². The van der Waals surface area contributed by atoms with Gasteiger partial charge in [-0.1, -0.05) is 0 Å². The lowest BCUT2D eigenvalue weighted by Gasteiger charge is -2.31. The number of hydrogen-bond donors (Lipinski definition) is 2. The molecule has 0 spiro atoms. The van der Waals surface area contributed by atoms with E-state index < -0.39 is 0 Å². The summed E-state index contributed by atoms with van der Waals surface area (Å²) in [6.45, 7) is 1.57. The Morgan fingerprint density at radius 2 is 2.00 bits per heavy atom. The van der Waals surface area contributed by atoms with Crippen molar-refractivity contribution >= 4 is 17.6 Å². The first-order valence-corrected chi connectivity index (χ1v) is 8.38. The van der Waals surface area contributed by atoms with Crippen molar-refractivity contribution in [3.05, 3.63) is 23.4 Å². The summed E-state index contributed by atoms with van der Waals surface area (Å²) in [4.78, 5) is 28.5. The number of aromatic nitrogens is 1. The average molecular weight is 315 g/mol. The third kappa shape index (κ3) is 2.95. The molecule has 0 bridgehead atoms. The highest BCUT2D eigenvalue weighted by atomic mass is 16.5. The van der Waals surface area contributed by atoms with E-state index in [4.69, 9.17) is 4.74 Å². The Morgan fingerprint density at radius 3 is 2.74 bits per heavy atom. The molecule has 1 atom stereocenters. The van der Waals surface area contributed by atoms with Crippen molar-refractivity contribution in [1.29, 1.82) is 0 Å². The summed E-state index contributed by atoms with van der Waals surface area (Å²) in [6.07, 6.45) is 6.22. The van der Waals surface area contributed by atoms with Gasteiger partial charge < -0.3 is 15.4 Å². The van der Waals surface area contributed by atoms with Crippen LogP contribution in [0.1, 0.15) is 41.6 Å². The molecule has 2 amide bonds. The number of ether oxygens (including phenoxy) is 1. The number of carbonyl (C=O) groups excluding carboxylic acids is 2. The predicted molar refractivity (Wildman–Crippen MR) is 84.1 cm³/mol. The summed E-state index contributed by atoms with van der Waals surface area (Å²) >= 11 is 0. The molecule has 0 aromatic carbocycles. The van der Waals surface area contributed by atoms with Crippen LogP contribution in [0.4, 0.5) is 5.82 Å². The molecule has 23 heavy (non-hydrogen) atoms. The summed E-state index contributed by atoms with van der Waals surface area (Å²) in [7, 11) is 0. The Morgan fingerprint density at radius 1 is 1.26 bits per heavy atom. The van der Waals surface area contributed by atoms with Gasteiger partial charge in [-0.2, -0.15) is 0 Å². The molecule has 122 valence electrons. The number of pyridine rings is 1. The summed E-state index contributed by atoms with van der Waals surface area (Å²) in [5.74, 6) is 1.43. The lowest BCUT2D eigenvalue weighted by atomic mass is 9.88. The topological polar surface area (TPSA) is 80.3 Å². The molecule has 1 unspecified atom stereocenters. The molecule has 0 radical (unpaired) electrons. The van der Waals surface area contributed by atoms with Gasteiger partial charge in [0.15, 0.2) is 0 Å². The fourth-order valence-electron chi connectivity index (χ4n) is 3.71. The van der Waals surface area contributed by atoms with E-state index in [-0.39, 0.29) is 24.3 Å². The van der Waals surface area contributed by atoms with Gasteiger partial charge in [0.05, 0.1) is 6.42 Å². The monoisotopic (exact) mass is 315 g/mol. The van der Waals surface area contributed by atoms with Gasteiger partial charge in [-0.15, -0.1) is 0 Å². The van der Waals surface area contributed by atoms with Crippen molar-refractivity contribution in [2.24, 2.45) is 11.8 Å². The molecule has 2 fully saturated rings. The van der Waals surface area contributed by atoms with Gasteiger partial charge in [-0.05, 0) is 43.6 Å². The summed E-state index contributed by atoms with van der Waals surface area (Å²) in [6, 6.07) is 1.93. The fourth-order valence-corrected chi connectivity index (χ4v) is 3.71. The van der Waals surface area contributed by atoms with Crippen LogP contribution in [0.5, 0.6) is 0 Å². The second-order valence-electron chi connectivity index (χ2n) is 6.70. The van der Waals surface area contributed by atoms with E-state index in [0.29, 0.717) is 23.2 Å². The van der Waals surface area contributed by atoms with Gasteiger partial charge in [0.1, 0.15) is 5.82 Å². The molecule has 2 aliphatic heterocycles. The largest absolute Gasteiger partial charge is 0.381 e. The van der Waals surface area contributed by atoms with Gasteiger partial charge in [0.25, 0.3) is 5.91 Å². The van der Waals surface area contributed by atoms with Gasteiger partial charge in [0.2, 0.25) is 5.91 Å². The van der Waals surface area contributed by atoms with Gasteiger partial charge in [-0.3, -0.25) is 9.59 Å². The van der Waals surface area contributed by atoms with Crippen molar-refractivity contribution in [3.8, 4) is 0 Å². The molecular weight excluding hydrogens is 294 g/mol. The SMILES string of the molecule is O=C1Cc2c(C(=O)NC(C3CCOCC3)C3CC3)ccnc2N1. The number of nitrogens with zero attached hydrogens (tertiary/aromatic N) is 1. The van der Waals surface area contributed by atoms with Crippen LogP contribution in [0.3, 0.4) is 0 Å². The highest BCUT2D eigenvalue weighted by Gasteiger charge is 2.38. The Hall–Kier alpha value is -1.95. The first kappa shape index (κ1) is 14.6. The first-order chi connectivity index (χ1) is 11.2. The number of rotatable bonds is 4. The van der Waals surface area contributed by atoms with E-state index >= 15 is 0 Å². The second-order valence-corrected chi connectivity index (χ2v) is 6.70. The highest BCUT2D eigenvalue weighted by molar-refractivity contribution is 6.04. The Kier molecular flexibility index (Phi) is 3.77. The van der Waals surface area contributed by atoms with Crippen molar-refractivity contribution in [2.45, 2.75) is 38.1 Å². The lowest BCUT2D eigenvalue weighted by molar-refractivity contribution is -0.115. The summed E-state index contributed by atoms with van der Waals surface area (Å²) in [5.41, 5.74) is 1.29. The van der Waals surface area contributed by atoms with Crippen molar-refractivity contribution in [3.63, 3.8) is 0 Å². The zero-order valence-corrected chi connectivity index (χ0v) is 13.0. The zero-order chi connectivity index (χ0) is 15.8. The van der Waals surface area contributed by atoms with Gasteiger partial charge in [-0.25, -0.2) is 4.98 Å². The van der Waals surface area contributed by atoms with E-state index in [9.17, 15) is 9.59 Å². The van der Waals surface area contributed by atoms with E-state index in [1.54, 1.807) is 12.3 Å². The summed E-state index contributed by atoms with van der Waals surface area (Å²) < 4.78 is 5.45. The predicted octanol–water partition coefficient (Wildman–Crippen LogP) is 1.51.